The van der Waals surface area contributed by atoms with Gasteiger partial charge in [-0.25, -0.2) is 0 Å². The summed E-state index contributed by atoms with van der Waals surface area (Å²) >= 11 is 1.85. The molecule has 1 fully saturated rings. The zero-order chi connectivity index (χ0) is 17.2. The van der Waals surface area contributed by atoms with Gasteiger partial charge in [-0.15, -0.1) is 0 Å². The molecule has 0 spiro atoms. The van der Waals surface area contributed by atoms with Gasteiger partial charge in [0.2, 0.25) is 0 Å². The van der Waals surface area contributed by atoms with E-state index >= 15 is 0 Å². The molecule has 1 aromatic carbocycles. The third-order valence-corrected chi connectivity index (χ3v) is 5.48. The van der Waals surface area contributed by atoms with Crippen molar-refractivity contribution in [2.45, 2.75) is 63.7 Å². The molecule has 2 rings (SSSR count). The SMILES string of the molecule is C\C=C/C=C\C(\C=C(\C)Sc1ccc(C2CCCCC2)cc1)=C/C. The number of rotatable bonds is 6. The fourth-order valence-corrected chi connectivity index (χ4v) is 4.04. The second-order valence-corrected chi connectivity index (χ2v) is 7.75. The fourth-order valence-electron chi connectivity index (χ4n) is 3.20. The molecule has 0 nitrogen and oxygen atoms in total. The third kappa shape index (κ3) is 6.20. The minimum atomic E-state index is 0.792. The van der Waals surface area contributed by atoms with Crippen LogP contribution in [0.4, 0.5) is 0 Å². The molecule has 0 N–H and O–H groups in total. The molecule has 1 heteroatoms. The van der Waals surface area contributed by atoms with Gasteiger partial charge in [0, 0.05) is 4.90 Å². The first kappa shape index (κ1) is 18.9. The molecule has 1 saturated carbocycles. The molecule has 0 aromatic heterocycles. The van der Waals surface area contributed by atoms with Crippen molar-refractivity contribution in [1.29, 1.82) is 0 Å². The highest BCUT2D eigenvalue weighted by Crippen LogP contribution is 2.34. The van der Waals surface area contributed by atoms with Crippen LogP contribution >= 0.6 is 11.8 Å². The van der Waals surface area contributed by atoms with Crippen LogP contribution in [0, 0.1) is 0 Å². The van der Waals surface area contributed by atoms with E-state index < -0.39 is 0 Å². The molecule has 1 aliphatic rings. The number of benzene rings is 1. The van der Waals surface area contributed by atoms with Gasteiger partial charge in [-0.2, -0.15) is 0 Å². The van der Waals surface area contributed by atoms with Crippen molar-refractivity contribution >= 4 is 11.8 Å². The van der Waals surface area contributed by atoms with Crippen molar-refractivity contribution < 1.29 is 0 Å². The summed E-state index contributed by atoms with van der Waals surface area (Å²) < 4.78 is 0. The average molecular weight is 339 g/mol. The Hall–Kier alpha value is -1.47. The predicted molar refractivity (Wildman–Crippen MR) is 110 cm³/mol. The molecule has 0 heterocycles. The Morgan fingerprint density at radius 2 is 1.71 bits per heavy atom. The summed E-state index contributed by atoms with van der Waals surface area (Å²) in [7, 11) is 0. The second kappa shape index (κ2) is 10.4. The molecule has 128 valence electrons. The lowest BCUT2D eigenvalue weighted by Gasteiger charge is -2.22. The van der Waals surface area contributed by atoms with Gasteiger partial charge >= 0.3 is 0 Å². The lowest BCUT2D eigenvalue weighted by Crippen LogP contribution is -2.03. The first-order valence-corrected chi connectivity index (χ1v) is 9.96. The summed E-state index contributed by atoms with van der Waals surface area (Å²) in [4.78, 5) is 2.65. The Balaban J connectivity index is 1.97. The lowest BCUT2D eigenvalue weighted by molar-refractivity contribution is 0.443. The largest absolute Gasteiger partial charge is 0.0948 e. The maximum Gasteiger partial charge on any atom is 0.0119 e. The predicted octanol–water partition coefficient (Wildman–Crippen LogP) is 7.81. The molecule has 0 unspecified atom stereocenters. The molecule has 0 saturated heterocycles. The van der Waals surface area contributed by atoms with Crippen molar-refractivity contribution in [3.8, 4) is 0 Å². The van der Waals surface area contributed by atoms with Gasteiger partial charge in [-0.05, 0) is 73.8 Å². The van der Waals surface area contributed by atoms with Crippen LogP contribution in [0.3, 0.4) is 0 Å². The van der Waals surface area contributed by atoms with Gasteiger partial charge in [0.15, 0.2) is 0 Å². The first-order chi connectivity index (χ1) is 11.7. The summed E-state index contributed by atoms with van der Waals surface area (Å²) in [5, 5.41) is 0. The van der Waals surface area contributed by atoms with E-state index in [1.807, 2.05) is 24.8 Å². The highest BCUT2D eigenvalue weighted by atomic mass is 32.2. The molecule has 0 bridgehead atoms. The second-order valence-electron chi connectivity index (χ2n) is 6.43. The minimum absolute atomic E-state index is 0.792. The molecule has 24 heavy (non-hydrogen) atoms. The quantitative estimate of drug-likeness (QED) is 0.376. The van der Waals surface area contributed by atoms with E-state index in [9.17, 15) is 0 Å². The summed E-state index contributed by atoms with van der Waals surface area (Å²) in [6.07, 6.45) is 19.7. The normalized spacial score (nSPS) is 18.0. The summed E-state index contributed by atoms with van der Waals surface area (Å²) in [5.74, 6) is 0.792. The molecular weight excluding hydrogens is 308 g/mol. The first-order valence-electron chi connectivity index (χ1n) is 9.14. The van der Waals surface area contributed by atoms with Crippen LogP contribution in [0.2, 0.25) is 0 Å². The molecule has 0 amide bonds. The van der Waals surface area contributed by atoms with Crippen molar-refractivity contribution in [3.05, 3.63) is 76.8 Å². The van der Waals surface area contributed by atoms with Gasteiger partial charge in [0.05, 0.1) is 0 Å². The van der Waals surface area contributed by atoms with Crippen LogP contribution in [0.15, 0.2) is 76.1 Å². The zero-order valence-corrected chi connectivity index (χ0v) is 16.1. The number of thioether (sulfide) groups is 1. The monoisotopic (exact) mass is 338 g/mol. The van der Waals surface area contributed by atoms with Gasteiger partial charge in [-0.1, -0.05) is 73.5 Å². The van der Waals surface area contributed by atoms with Crippen molar-refractivity contribution in [3.63, 3.8) is 0 Å². The van der Waals surface area contributed by atoms with Crippen LogP contribution in [0.1, 0.15) is 64.4 Å². The molecule has 1 aliphatic carbocycles. The fraction of sp³-hybridized carbons (Fsp3) is 0.391. The summed E-state index contributed by atoms with van der Waals surface area (Å²) in [6.45, 7) is 6.31. The van der Waals surface area contributed by atoms with Crippen LogP contribution in [0.25, 0.3) is 0 Å². The van der Waals surface area contributed by atoms with E-state index in [4.69, 9.17) is 0 Å². The highest BCUT2D eigenvalue weighted by Gasteiger charge is 2.15. The highest BCUT2D eigenvalue weighted by molar-refractivity contribution is 8.03. The standard InChI is InChI=1S/C23H30S/c1-4-6-8-11-20(5-2)18-19(3)24-23-16-14-22(15-17-23)21-12-9-7-10-13-21/h4-6,8,11,14-18,21H,7,9-10,12-13H2,1-3H3/b6-4-,11-8-,19-18-,20-5+. The van der Waals surface area contributed by atoms with Crippen LogP contribution < -0.4 is 0 Å². The van der Waals surface area contributed by atoms with Crippen molar-refractivity contribution in [1.82, 2.24) is 0 Å². The van der Waals surface area contributed by atoms with Gasteiger partial charge in [-0.3, -0.25) is 0 Å². The third-order valence-electron chi connectivity index (χ3n) is 4.53. The van der Waals surface area contributed by atoms with Crippen LogP contribution in [-0.2, 0) is 0 Å². The molecular formula is C23H30S. The van der Waals surface area contributed by atoms with E-state index in [0.29, 0.717) is 0 Å². The Morgan fingerprint density at radius 1 is 1.00 bits per heavy atom. The lowest BCUT2D eigenvalue weighted by atomic mass is 9.84. The average Bonchev–Trinajstić information content (AvgIpc) is 2.62. The summed E-state index contributed by atoms with van der Waals surface area (Å²) in [6, 6.07) is 9.26. The maximum atomic E-state index is 2.34. The van der Waals surface area contributed by atoms with Crippen molar-refractivity contribution in [2.75, 3.05) is 0 Å². The van der Waals surface area contributed by atoms with E-state index in [0.717, 1.165) is 5.92 Å². The topological polar surface area (TPSA) is 0 Å². The van der Waals surface area contributed by atoms with Crippen molar-refractivity contribution in [2.24, 2.45) is 0 Å². The van der Waals surface area contributed by atoms with Gasteiger partial charge in [0.1, 0.15) is 0 Å². The summed E-state index contributed by atoms with van der Waals surface area (Å²) in [5.41, 5.74) is 2.78. The molecule has 1 aromatic rings. The minimum Gasteiger partial charge on any atom is -0.0948 e. The van der Waals surface area contributed by atoms with Gasteiger partial charge in [0.25, 0.3) is 0 Å². The smallest absolute Gasteiger partial charge is 0.0119 e. The van der Waals surface area contributed by atoms with E-state index in [2.05, 4.69) is 68.5 Å². The maximum absolute atomic E-state index is 2.34. The number of allylic oxidation sites excluding steroid dienone is 8. The Bertz CT molecular complexity index is 608. The van der Waals surface area contributed by atoms with E-state index in [1.54, 1.807) is 0 Å². The Labute approximate surface area is 152 Å². The zero-order valence-electron chi connectivity index (χ0n) is 15.3. The molecule has 0 atom stereocenters. The Morgan fingerprint density at radius 3 is 2.33 bits per heavy atom. The van der Waals surface area contributed by atoms with Crippen LogP contribution in [0.5, 0.6) is 0 Å². The van der Waals surface area contributed by atoms with Gasteiger partial charge < -0.3 is 0 Å². The number of hydrogen-bond donors (Lipinski definition) is 0. The van der Waals surface area contributed by atoms with E-state index in [-0.39, 0.29) is 0 Å². The molecule has 0 aliphatic heterocycles. The number of hydrogen-bond acceptors (Lipinski definition) is 1. The van der Waals surface area contributed by atoms with E-state index in [1.165, 1.54) is 53.0 Å². The van der Waals surface area contributed by atoms with Crippen LogP contribution in [-0.4, -0.2) is 0 Å². The molecule has 0 radical (unpaired) electrons. The Kier molecular flexibility index (Phi) is 8.18.